The van der Waals surface area contributed by atoms with Crippen LogP contribution in [0.15, 0.2) is 0 Å². The van der Waals surface area contributed by atoms with Crippen molar-refractivity contribution in [3.05, 3.63) is 0 Å². The molecule has 1 atom stereocenters. The van der Waals surface area contributed by atoms with E-state index in [1.54, 1.807) is 0 Å². The van der Waals surface area contributed by atoms with Crippen LogP contribution in [0.3, 0.4) is 0 Å². The predicted octanol–water partition coefficient (Wildman–Crippen LogP) is 0.181. The second-order valence-electron chi connectivity index (χ2n) is 4.19. The van der Waals surface area contributed by atoms with E-state index in [4.69, 9.17) is 0 Å². The Morgan fingerprint density at radius 1 is 1.00 bits per heavy atom. The van der Waals surface area contributed by atoms with E-state index in [1.807, 2.05) is 0 Å². The van der Waals surface area contributed by atoms with Crippen molar-refractivity contribution in [1.29, 1.82) is 0 Å². The summed E-state index contributed by atoms with van der Waals surface area (Å²) in [4.78, 5) is 22.0. The molecule has 2 fully saturated rings. The summed E-state index contributed by atoms with van der Waals surface area (Å²) in [5.41, 5.74) is 0. The van der Waals surface area contributed by atoms with Crippen LogP contribution in [0.1, 0.15) is 32.1 Å². The highest BCUT2D eigenvalue weighted by molar-refractivity contribution is 6.35. The zero-order valence-electron chi connectivity index (χ0n) is 8.21. The Bertz CT molecular complexity index is 247. The fourth-order valence-electron chi connectivity index (χ4n) is 2.39. The van der Waals surface area contributed by atoms with Crippen LogP contribution in [0, 0.1) is 5.92 Å². The van der Waals surface area contributed by atoms with E-state index in [2.05, 4.69) is 10.6 Å². The van der Waals surface area contributed by atoms with Gasteiger partial charge in [0.05, 0.1) is 0 Å². The fraction of sp³-hybridized carbons (Fsp3) is 0.800. The van der Waals surface area contributed by atoms with Gasteiger partial charge in [0.25, 0.3) is 0 Å². The molecule has 2 aliphatic rings. The third-order valence-corrected chi connectivity index (χ3v) is 3.22. The lowest BCUT2D eigenvalue weighted by atomic mass is 9.83. The van der Waals surface area contributed by atoms with Crippen molar-refractivity contribution in [2.75, 3.05) is 6.54 Å². The first kappa shape index (κ1) is 9.49. The maximum absolute atomic E-state index is 11.1. The molecule has 4 heteroatoms. The Morgan fingerprint density at radius 3 is 2.36 bits per heavy atom. The van der Waals surface area contributed by atoms with Crippen LogP contribution in [0.5, 0.6) is 0 Å². The van der Waals surface area contributed by atoms with Crippen molar-refractivity contribution in [3.63, 3.8) is 0 Å². The Labute approximate surface area is 83.4 Å². The molecule has 0 spiro atoms. The molecule has 0 radical (unpaired) electrons. The molecule has 1 unspecified atom stereocenters. The van der Waals surface area contributed by atoms with E-state index in [1.165, 1.54) is 32.1 Å². The molecule has 0 aromatic rings. The first-order chi connectivity index (χ1) is 6.77. The summed E-state index contributed by atoms with van der Waals surface area (Å²) in [5.74, 6) is -0.391. The van der Waals surface area contributed by atoms with E-state index in [9.17, 15) is 9.59 Å². The predicted molar refractivity (Wildman–Crippen MR) is 51.5 cm³/mol. The van der Waals surface area contributed by atoms with Gasteiger partial charge < -0.3 is 10.6 Å². The highest BCUT2D eigenvalue weighted by Crippen LogP contribution is 2.26. The summed E-state index contributed by atoms with van der Waals surface area (Å²) in [5, 5.41) is 5.41. The van der Waals surface area contributed by atoms with Crippen LogP contribution in [0.4, 0.5) is 0 Å². The molecule has 1 aliphatic heterocycles. The number of rotatable bonds is 1. The number of piperazine rings is 1. The average molecular weight is 196 g/mol. The molecular formula is C10H16N2O2. The van der Waals surface area contributed by atoms with Gasteiger partial charge in [-0.05, 0) is 18.8 Å². The summed E-state index contributed by atoms with van der Waals surface area (Å²) in [6, 6.07) is 0.167. The lowest BCUT2D eigenvalue weighted by Gasteiger charge is -2.33. The summed E-state index contributed by atoms with van der Waals surface area (Å²) in [7, 11) is 0. The lowest BCUT2D eigenvalue weighted by molar-refractivity contribution is -0.141. The van der Waals surface area contributed by atoms with Crippen LogP contribution < -0.4 is 10.6 Å². The third-order valence-electron chi connectivity index (χ3n) is 3.22. The van der Waals surface area contributed by atoms with Crippen molar-refractivity contribution < 1.29 is 9.59 Å². The molecule has 0 bridgehead atoms. The lowest BCUT2D eigenvalue weighted by Crippen LogP contribution is -2.58. The number of hydrogen-bond donors (Lipinski definition) is 2. The topological polar surface area (TPSA) is 58.2 Å². The quantitative estimate of drug-likeness (QED) is 0.588. The van der Waals surface area contributed by atoms with Gasteiger partial charge in [-0.15, -0.1) is 0 Å². The van der Waals surface area contributed by atoms with Gasteiger partial charge in [-0.1, -0.05) is 19.3 Å². The average Bonchev–Trinajstić information content (AvgIpc) is 2.23. The Kier molecular flexibility index (Phi) is 2.70. The minimum absolute atomic E-state index is 0.167. The maximum Gasteiger partial charge on any atom is 0.309 e. The van der Waals surface area contributed by atoms with E-state index in [-0.39, 0.29) is 6.04 Å². The highest BCUT2D eigenvalue weighted by atomic mass is 16.2. The van der Waals surface area contributed by atoms with Gasteiger partial charge in [0.2, 0.25) is 0 Å². The largest absolute Gasteiger partial charge is 0.346 e. The molecule has 2 rings (SSSR count). The monoisotopic (exact) mass is 196 g/mol. The van der Waals surface area contributed by atoms with Crippen molar-refractivity contribution in [1.82, 2.24) is 10.6 Å². The zero-order chi connectivity index (χ0) is 9.97. The molecular weight excluding hydrogens is 180 g/mol. The van der Waals surface area contributed by atoms with Crippen molar-refractivity contribution in [2.45, 2.75) is 38.1 Å². The van der Waals surface area contributed by atoms with Gasteiger partial charge >= 0.3 is 11.8 Å². The van der Waals surface area contributed by atoms with E-state index >= 15 is 0 Å². The van der Waals surface area contributed by atoms with Crippen molar-refractivity contribution >= 4 is 11.8 Å². The second kappa shape index (κ2) is 3.98. The summed E-state index contributed by atoms with van der Waals surface area (Å²) in [6.07, 6.45) is 6.18. The molecule has 0 aromatic carbocycles. The molecule has 1 saturated heterocycles. The SMILES string of the molecule is O=C1NCC(C2CCCCC2)NC1=O. The van der Waals surface area contributed by atoms with E-state index in [0.29, 0.717) is 12.5 Å². The number of hydrogen-bond acceptors (Lipinski definition) is 2. The summed E-state index contributed by atoms with van der Waals surface area (Å²) >= 11 is 0. The van der Waals surface area contributed by atoms with Gasteiger partial charge in [0.1, 0.15) is 0 Å². The van der Waals surface area contributed by atoms with Gasteiger partial charge in [0, 0.05) is 12.6 Å². The zero-order valence-corrected chi connectivity index (χ0v) is 8.21. The molecule has 1 aliphatic carbocycles. The maximum atomic E-state index is 11.1. The third kappa shape index (κ3) is 1.89. The number of carbonyl (C=O) groups is 2. The molecule has 2 amide bonds. The van der Waals surface area contributed by atoms with Crippen LogP contribution in [0.2, 0.25) is 0 Å². The van der Waals surface area contributed by atoms with Gasteiger partial charge in [-0.25, -0.2) is 0 Å². The molecule has 1 heterocycles. The Hall–Kier alpha value is -1.06. The van der Waals surface area contributed by atoms with Crippen LogP contribution in [-0.2, 0) is 9.59 Å². The van der Waals surface area contributed by atoms with E-state index in [0.717, 1.165) is 0 Å². The molecule has 4 nitrogen and oxygen atoms in total. The molecule has 1 saturated carbocycles. The number of carbonyl (C=O) groups excluding carboxylic acids is 2. The normalized spacial score (nSPS) is 29.6. The minimum Gasteiger partial charge on any atom is -0.346 e. The molecule has 14 heavy (non-hydrogen) atoms. The Morgan fingerprint density at radius 2 is 1.71 bits per heavy atom. The van der Waals surface area contributed by atoms with Crippen LogP contribution in [0.25, 0.3) is 0 Å². The van der Waals surface area contributed by atoms with Gasteiger partial charge in [-0.2, -0.15) is 0 Å². The van der Waals surface area contributed by atoms with Crippen LogP contribution >= 0.6 is 0 Å². The fourth-order valence-corrected chi connectivity index (χ4v) is 2.39. The number of nitrogens with one attached hydrogen (secondary N) is 2. The summed E-state index contributed by atoms with van der Waals surface area (Å²) < 4.78 is 0. The minimum atomic E-state index is -0.489. The highest BCUT2D eigenvalue weighted by Gasteiger charge is 2.31. The summed E-state index contributed by atoms with van der Waals surface area (Å²) in [6.45, 7) is 0.606. The first-order valence-electron chi connectivity index (χ1n) is 5.36. The Balaban J connectivity index is 1.91. The second-order valence-corrected chi connectivity index (χ2v) is 4.19. The van der Waals surface area contributed by atoms with E-state index < -0.39 is 11.8 Å². The first-order valence-corrected chi connectivity index (χ1v) is 5.36. The van der Waals surface area contributed by atoms with Crippen molar-refractivity contribution in [3.8, 4) is 0 Å². The number of amides is 2. The van der Waals surface area contributed by atoms with Crippen LogP contribution in [-0.4, -0.2) is 24.4 Å². The molecule has 0 aromatic heterocycles. The van der Waals surface area contributed by atoms with Gasteiger partial charge in [0.15, 0.2) is 0 Å². The standard InChI is InChI=1S/C10H16N2O2/c13-9-10(14)12-8(6-11-9)7-4-2-1-3-5-7/h7-8H,1-6H2,(H,11,13)(H,12,14). The molecule has 78 valence electrons. The smallest absolute Gasteiger partial charge is 0.309 e. The molecule has 2 N–H and O–H groups in total. The van der Waals surface area contributed by atoms with Crippen molar-refractivity contribution in [2.24, 2.45) is 5.92 Å². The van der Waals surface area contributed by atoms with Gasteiger partial charge in [-0.3, -0.25) is 9.59 Å².